The number of rotatable bonds is 7. The summed E-state index contributed by atoms with van der Waals surface area (Å²) in [6, 6.07) is 17.3. The topological polar surface area (TPSA) is 47.6 Å². The molecular formula is C19H21NO3. The minimum Gasteiger partial charge on any atom is -0.490 e. The van der Waals surface area contributed by atoms with Gasteiger partial charge in [0.25, 0.3) is 5.91 Å². The van der Waals surface area contributed by atoms with Crippen LogP contribution in [0.3, 0.4) is 0 Å². The molecule has 1 saturated carbocycles. The first-order chi connectivity index (χ1) is 11.3. The summed E-state index contributed by atoms with van der Waals surface area (Å²) in [6.07, 6.45) is 1.41. The van der Waals surface area contributed by atoms with Gasteiger partial charge in [-0.3, -0.25) is 4.79 Å². The maximum absolute atomic E-state index is 12.6. The lowest BCUT2D eigenvalue weighted by Gasteiger charge is -2.20. The van der Waals surface area contributed by atoms with E-state index in [1.54, 1.807) is 0 Å². The van der Waals surface area contributed by atoms with E-state index in [0.29, 0.717) is 24.1 Å². The summed E-state index contributed by atoms with van der Waals surface area (Å²) in [5, 5.41) is 3.02. The third-order valence-electron chi connectivity index (χ3n) is 3.66. The molecule has 3 rings (SSSR count). The molecule has 1 aliphatic carbocycles. The second-order valence-electron chi connectivity index (χ2n) is 5.57. The molecule has 0 saturated heterocycles. The van der Waals surface area contributed by atoms with Gasteiger partial charge in [0, 0.05) is 11.6 Å². The van der Waals surface area contributed by atoms with Crippen molar-refractivity contribution in [3.05, 3.63) is 60.2 Å². The zero-order valence-electron chi connectivity index (χ0n) is 13.2. The van der Waals surface area contributed by atoms with Crippen LogP contribution in [0.5, 0.6) is 11.5 Å². The summed E-state index contributed by atoms with van der Waals surface area (Å²) in [7, 11) is 0. The third kappa shape index (κ3) is 4.03. The number of ether oxygens (including phenoxy) is 2. The van der Waals surface area contributed by atoms with E-state index in [1.807, 2.05) is 61.5 Å². The number of carbonyl (C=O) groups excluding carboxylic acids is 1. The molecule has 4 nitrogen and oxygen atoms in total. The zero-order chi connectivity index (χ0) is 16.1. The number of carbonyl (C=O) groups is 1. The number of nitrogens with one attached hydrogen (secondary N) is 1. The molecule has 2 aromatic carbocycles. The van der Waals surface area contributed by atoms with Crippen LogP contribution < -0.4 is 14.8 Å². The third-order valence-corrected chi connectivity index (χ3v) is 3.66. The standard InChI is InChI=1S/C19H21NO3/c1-2-22-16-10-6-7-11-17(16)23-18(14-8-4-3-5-9-14)19(21)20-15-12-13-15/h3-11,15,18H,2,12-13H2,1H3,(H,20,21). The smallest absolute Gasteiger partial charge is 0.266 e. The van der Waals surface area contributed by atoms with Gasteiger partial charge in [0.05, 0.1) is 6.61 Å². The van der Waals surface area contributed by atoms with Crippen LogP contribution in [0.2, 0.25) is 0 Å². The van der Waals surface area contributed by atoms with Crippen molar-refractivity contribution in [1.29, 1.82) is 0 Å². The fourth-order valence-electron chi connectivity index (χ4n) is 2.35. The second-order valence-corrected chi connectivity index (χ2v) is 5.57. The summed E-state index contributed by atoms with van der Waals surface area (Å²) < 4.78 is 11.6. The SMILES string of the molecule is CCOc1ccccc1OC(C(=O)NC1CC1)c1ccccc1. The molecule has 1 amide bonds. The summed E-state index contributed by atoms with van der Waals surface area (Å²) in [5.41, 5.74) is 0.831. The molecular weight excluding hydrogens is 290 g/mol. The van der Waals surface area contributed by atoms with E-state index in [1.165, 1.54) is 0 Å². The van der Waals surface area contributed by atoms with Gasteiger partial charge in [-0.2, -0.15) is 0 Å². The van der Waals surface area contributed by atoms with Crippen LogP contribution in [-0.2, 0) is 4.79 Å². The number of hydrogen-bond acceptors (Lipinski definition) is 3. The Balaban J connectivity index is 1.85. The van der Waals surface area contributed by atoms with E-state index in [4.69, 9.17) is 9.47 Å². The lowest BCUT2D eigenvalue weighted by molar-refractivity contribution is -0.128. The van der Waals surface area contributed by atoms with Crippen molar-refractivity contribution in [2.45, 2.75) is 31.9 Å². The Kier molecular flexibility index (Phi) is 4.81. The van der Waals surface area contributed by atoms with E-state index in [9.17, 15) is 4.79 Å². The number of para-hydroxylation sites is 2. The number of hydrogen-bond donors (Lipinski definition) is 1. The van der Waals surface area contributed by atoms with E-state index < -0.39 is 6.10 Å². The molecule has 1 aliphatic rings. The van der Waals surface area contributed by atoms with Gasteiger partial charge in [0.1, 0.15) is 0 Å². The first-order valence-corrected chi connectivity index (χ1v) is 8.01. The fraction of sp³-hybridized carbons (Fsp3) is 0.316. The molecule has 1 atom stereocenters. The fourth-order valence-corrected chi connectivity index (χ4v) is 2.35. The molecule has 0 aromatic heterocycles. The predicted octanol–water partition coefficient (Wildman–Crippen LogP) is 3.48. The number of benzene rings is 2. The quantitative estimate of drug-likeness (QED) is 0.851. The molecule has 0 heterocycles. The maximum atomic E-state index is 12.6. The molecule has 0 aliphatic heterocycles. The van der Waals surface area contributed by atoms with Crippen molar-refractivity contribution in [2.75, 3.05) is 6.61 Å². The highest BCUT2D eigenvalue weighted by molar-refractivity contribution is 5.83. The van der Waals surface area contributed by atoms with Gasteiger partial charge in [0.2, 0.25) is 6.10 Å². The Morgan fingerprint density at radius 3 is 2.39 bits per heavy atom. The van der Waals surface area contributed by atoms with Crippen molar-refractivity contribution in [3.63, 3.8) is 0 Å². The van der Waals surface area contributed by atoms with E-state index >= 15 is 0 Å². The van der Waals surface area contributed by atoms with Crippen molar-refractivity contribution in [1.82, 2.24) is 5.32 Å². The van der Waals surface area contributed by atoms with Gasteiger partial charge in [-0.05, 0) is 31.9 Å². The van der Waals surface area contributed by atoms with Crippen LogP contribution in [0.1, 0.15) is 31.4 Å². The molecule has 1 N–H and O–H groups in total. The lowest BCUT2D eigenvalue weighted by atomic mass is 10.1. The van der Waals surface area contributed by atoms with Gasteiger partial charge in [-0.15, -0.1) is 0 Å². The van der Waals surface area contributed by atoms with Crippen molar-refractivity contribution in [3.8, 4) is 11.5 Å². The van der Waals surface area contributed by atoms with Gasteiger partial charge in [0.15, 0.2) is 11.5 Å². The van der Waals surface area contributed by atoms with Crippen molar-refractivity contribution >= 4 is 5.91 Å². The van der Waals surface area contributed by atoms with Crippen LogP contribution in [0.4, 0.5) is 0 Å². The zero-order valence-corrected chi connectivity index (χ0v) is 13.2. The lowest BCUT2D eigenvalue weighted by Crippen LogP contribution is -2.33. The maximum Gasteiger partial charge on any atom is 0.266 e. The van der Waals surface area contributed by atoms with Crippen LogP contribution in [0, 0.1) is 0 Å². The molecule has 0 spiro atoms. The summed E-state index contributed by atoms with van der Waals surface area (Å²) in [4.78, 5) is 12.6. The predicted molar refractivity (Wildman–Crippen MR) is 88.6 cm³/mol. The van der Waals surface area contributed by atoms with E-state index in [0.717, 1.165) is 18.4 Å². The highest BCUT2D eigenvalue weighted by atomic mass is 16.5. The molecule has 2 aromatic rings. The van der Waals surface area contributed by atoms with Crippen LogP contribution in [0.25, 0.3) is 0 Å². The highest BCUT2D eigenvalue weighted by Gasteiger charge is 2.30. The van der Waals surface area contributed by atoms with Gasteiger partial charge in [-0.1, -0.05) is 42.5 Å². The molecule has 1 unspecified atom stereocenters. The summed E-state index contributed by atoms with van der Waals surface area (Å²) in [6.45, 7) is 2.47. The molecule has 120 valence electrons. The van der Waals surface area contributed by atoms with E-state index in [2.05, 4.69) is 5.32 Å². The van der Waals surface area contributed by atoms with Crippen LogP contribution in [-0.4, -0.2) is 18.6 Å². The largest absolute Gasteiger partial charge is 0.490 e. The normalized spacial score (nSPS) is 14.8. The highest BCUT2D eigenvalue weighted by Crippen LogP contribution is 2.32. The molecule has 4 heteroatoms. The Morgan fingerprint density at radius 2 is 1.74 bits per heavy atom. The Hall–Kier alpha value is -2.49. The van der Waals surface area contributed by atoms with Gasteiger partial charge < -0.3 is 14.8 Å². The number of amides is 1. The minimum absolute atomic E-state index is 0.106. The first-order valence-electron chi connectivity index (χ1n) is 8.01. The van der Waals surface area contributed by atoms with Crippen molar-refractivity contribution < 1.29 is 14.3 Å². The summed E-state index contributed by atoms with van der Waals surface area (Å²) in [5.74, 6) is 1.12. The minimum atomic E-state index is -0.682. The Bertz CT molecular complexity index is 653. The summed E-state index contributed by atoms with van der Waals surface area (Å²) >= 11 is 0. The molecule has 23 heavy (non-hydrogen) atoms. The molecule has 1 fully saturated rings. The van der Waals surface area contributed by atoms with Gasteiger partial charge >= 0.3 is 0 Å². The Labute approximate surface area is 136 Å². The first kappa shape index (κ1) is 15.4. The molecule has 0 bridgehead atoms. The average Bonchev–Trinajstić information content (AvgIpc) is 3.39. The van der Waals surface area contributed by atoms with E-state index in [-0.39, 0.29) is 5.91 Å². The van der Waals surface area contributed by atoms with Gasteiger partial charge in [-0.25, -0.2) is 0 Å². The monoisotopic (exact) mass is 311 g/mol. The average molecular weight is 311 g/mol. The van der Waals surface area contributed by atoms with Crippen LogP contribution in [0.15, 0.2) is 54.6 Å². The van der Waals surface area contributed by atoms with Crippen LogP contribution >= 0.6 is 0 Å². The molecule has 0 radical (unpaired) electrons. The van der Waals surface area contributed by atoms with Crippen molar-refractivity contribution in [2.24, 2.45) is 0 Å². The second kappa shape index (κ2) is 7.18. The Morgan fingerprint density at radius 1 is 1.09 bits per heavy atom.